The summed E-state index contributed by atoms with van der Waals surface area (Å²) in [5, 5.41) is 0. The average molecular weight is 221 g/mol. The van der Waals surface area contributed by atoms with Crippen LogP contribution in [-0.2, 0) is 11.2 Å². The Labute approximate surface area is 94.3 Å². The first-order valence-electron chi connectivity index (χ1n) is 5.25. The Bertz CT molecular complexity index is 403. The first kappa shape index (κ1) is 11.0. The van der Waals surface area contributed by atoms with Crippen LogP contribution in [0.4, 0.5) is 0 Å². The fourth-order valence-corrected chi connectivity index (χ4v) is 1.95. The van der Waals surface area contributed by atoms with Gasteiger partial charge >= 0.3 is 0 Å². The molecule has 0 spiro atoms. The lowest BCUT2D eigenvalue weighted by Crippen LogP contribution is -2.25. The highest BCUT2D eigenvalue weighted by Gasteiger charge is 2.20. The number of ether oxygens (including phenoxy) is 2. The van der Waals surface area contributed by atoms with Gasteiger partial charge in [0.15, 0.2) is 0 Å². The van der Waals surface area contributed by atoms with E-state index in [1.165, 1.54) is 0 Å². The molecule has 2 rings (SSSR count). The number of nitrogens with two attached hydrogens (primary N) is 1. The molecule has 4 nitrogen and oxygen atoms in total. The van der Waals surface area contributed by atoms with Crippen molar-refractivity contribution in [3.63, 3.8) is 0 Å². The summed E-state index contributed by atoms with van der Waals surface area (Å²) in [4.78, 5) is 11.1. The van der Waals surface area contributed by atoms with Gasteiger partial charge in [0, 0.05) is 18.6 Å². The fraction of sp³-hybridized carbons (Fsp3) is 0.417. The average Bonchev–Trinajstić information content (AvgIpc) is 2.28. The molecule has 4 heteroatoms. The fourth-order valence-electron chi connectivity index (χ4n) is 1.95. The number of methoxy groups -OCH3 is 1. The van der Waals surface area contributed by atoms with Crippen LogP contribution >= 0.6 is 0 Å². The van der Waals surface area contributed by atoms with Gasteiger partial charge in [-0.1, -0.05) is 0 Å². The maximum absolute atomic E-state index is 11.1. The molecule has 0 aliphatic carbocycles. The number of hydrogen-bond donors (Lipinski definition) is 1. The van der Waals surface area contributed by atoms with Gasteiger partial charge in [-0.3, -0.25) is 4.79 Å². The molecule has 1 aromatic rings. The van der Waals surface area contributed by atoms with E-state index >= 15 is 0 Å². The predicted octanol–water partition coefficient (Wildman–Crippen LogP) is 0.983. The van der Waals surface area contributed by atoms with Crippen molar-refractivity contribution >= 4 is 5.91 Å². The zero-order chi connectivity index (χ0) is 11.5. The third-order valence-electron chi connectivity index (χ3n) is 2.73. The van der Waals surface area contributed by atoms with Gasteiger partial charge in [0.05, 0.1) is 13.2 Å². The molecule has 1 atom stereocenters. The molecule has 16 heavy (non-hydrogen) atoms. The van der Waals surface area contributed by atoms with Crippen LogP contribution in [0.2, 0.25) is 0 Å². The number of rotatable bonds is 3. The van der Waals surface area contributed by atoms with Gasteiger partial charge in [-0.2, -0.15) is 0 Å². The molecule has 2 N–H and O–H groups in total. The summed E-state index contributed by atoms with van der Waals surface area (Å²) >= 11 is 0. The van der Waals surface area contributed by atoms with E-state index < -0.39 is 5.91 Å². The highest BCUT2D eigenvalue weighted by atomic mass is 16.5. The van der Waals surface area contributed by atoms with Crippen LogP contribution in [0, 0.1) is 5.92 Å². The van der Waals surface area contributed by atoms with Gasteiger partial charge in [-0.05, 0) is 30.2 Å². The quantitative estimate of drug-likeness (QED) is 0.827. The van der Waals surface area contributed by atoms with Crippen LogP contribution in [-0.4, -0.2) is 26.2 Å². The maximum Gasteiger partial charge on any atom is 0.248 e. The summed E-state index contributed by atoms with van der Waals surface area (Å²) in [7, 11) is 1.68. The van der Waals surface area contributed by atoms with Gasteiger partial charge in [0.1, 0.15) is 5.75 Å². The summed E-state index contributed by atoms with van der Waals surface area (Å²) in [6.45, 7) is 1.33. The Morgan fingerprint density at radius 1 is 1.62 bits per heavy atom. The summed E-state index contributed by atoms with van der Waals surface area (Å²) in [6.07, 6.45) is 0.865. The van der Waals surface area contributed by atoms with E-state index in [0.29, 0.717) is 24.7 Å². The largest absolute Gasteiger partial charge is 0.493 e. The molecule has 1 aromatic carbocycles. The zero-order valence-electron chi connectivity index (χ0n) is 9.23. The lowest BCUT2D eigenvalue weighted by molar-refractivity contribution is 0.0998. The minimum absolute atomic E-state index is 0.348. The second kappa shape index (κ2) is 4.53. The third kappa shape index (κ3) is 2.17. The second-order valence-electron chi connectivity index (χ2n) is 4.02. The van der Waals surface area contributed by atoms with Crippen LogP contribution in [0.1, 0.15) is 15.9 Å². The smallest absolute Gasteiger partial charge is 0.248 e. The number of fused-ring (bicyclic) bond motifs is 1. The third-order valence-corrected chi connectivity index (χ3v) is 2.73. The van der Waals surface area contributed by atoms with E-state index in [-0.39, 0.29) is 0 Å². The minimum atomic E-state index is -0.406. The highest BCUT2D eigenvalue weighted by Crippen LogP contribution is 2.28. The van der Waals surface area contributed by atoms with Gasteiger partial charge < -0.3 is 15.2 Å². The SMILES string of the molecule is COCC1COc2ccc(C(N)=O)cc2C1. The summed E-state index contributed by atoms with van der Waals surface area (Å²) < 4.78 is 10.7. The first-order chi connectivity index (χ1) is 7.70. The molecule has 0 fully saturated rings. The normalized spacial score (nSPS) is 18.7. The van der Waals surface area contributed by atoms with Gasteiger partial charge in [-0.25, -0.2) is 0 Å². The minimum Gasteiger partial charge on any atom is -0.493 e. The van der Waals surface area contributed by atoms with Gasteiger partial charge in [-0.15, -0.1) is 0 Å². The van der Waals surface area contributed by atoms with Crippen molar-refractivity contribution in [3.8, 4) is 5.75 Å². The molecule has 86 valence electrons. The molecule has 0 aromatic heterocycles. The van der Waals surface area contributed by atoms with Crippen molar-refractivity contribution in [3.05, 3.63) is 29.3 Å². The van der Waals surface area contributed by atoms with E-state index in [1.807, 2.05) is 0 Å². The van der Waals surface area contributed by atoms with Crippen LogP contribution in [0.5, 0.6) is 5.75 Å². The molecule has 1 unspecified atom stereocenters. The van der Waals surface area contributed by atoms with Crippen LogP contribution in [0.3, 0.4) is 0 Å². The molecular weight excluding hydrogens is 206 g/mol. The molecular formula is C12H15NO3. The number of primary amides is 1. The van der Waals surface area contributed by atoms with Crippen molar-refractivity contribution in [1.82, 2.24) is 0 Å². The summed E-state index contributed by atoms with van der Waals surface area (Å²) in [6, 6.07) is 5.30. The molecule has 1 aliphatic heterocycles. The maximum atomic E-state index is 11.1. The Morgan fingerprint density at radius 3 is 3.12 bits per heavy atom. The van der Waals surface area contributed by atoms with Crippen molar-refractivity contribution < 1.29 is 14.3 Å². The van der Waals surface area contributed by atoms with Crippen molar-refractivity contribution in [1.29, 1.82) is 0 Å². The van der Waals surface area contributed by atoms with E-state index in [9.17, 15) is 4.79 Å². The second-order valence-corrected chi connectivity index (χ2v) is 4.02. The molecule has 0 bridgehead atoms. The van der Waals surface area contributed by atoms with Gasteiger partial charge in [0.25, 0.3) is 0 Å². The monoisotopic (exact) mass is 221 g/mol. The Kier molecular flexibility index (Phi) is 3.10. The van der Waals surface area contributed by atoms with E-state index in [2.05, 4.69) is 0 Å². The molecule has 0 saturated heterocycles. The standard InChI is InChI=1S/C12H15NO3/c1-15-6-8-4-10-5-9(12(13)14)2-3-11(10)16-7-8/h2-3,5,8H,4,6-7H2,1H3,(H2,13,14). The Hall–Kier alpha value is -1.55. The topological polar surface area (TPSA) is 61.6 Å². The number of carbonyl (C=O) groups is 1. The van der Waals surface area contributed by atoms with E-state index in [4.69, 9.17) is 15.2 Å². The lowest BCUT2D eigenvalue weighted by atomic mass is 9.96. The lowest BCUT2D eigenvalue weighted by Gasteiger charge is -2.24. The summed E-state index contributed by atoms with van der Waals surface area (Å²) in [5.41, 5.74) is 6.80. The van der Waals surface area contributed by atoms with Crippen LogP contribution < -0.4 is 10.5 Å². The Morgan fingerprint density at radius 2 is 2.44 bits per heavy atom. The number of carbonyl (C=O) groups excluding carboxylic acids is 1. The zero-order valence-corrected chi connectivity index (χ0v) is 9.23. The van der Waals surface area contributed by atoms with Crippen molar-refractivity contribution in [2.45, 2.75) is 6.42 Å². The van der Waals surface area contributed by atoms with E-state index in [1.54, 1.807) is 25.3 Å². The predicted molar refractivity (Wildman–Crippen MR) is 59.5 cm³/mol. The number of benzene rings is 1. The van der Waals surface area contributed by atoms with E-state index in [0.717, 1.165) is 17.7 Å². The number of amides is 1. The first-order valence-corrected chi connectivity index (χ1v) is 5.25. The highest BCUT2D eigenvalue weighted by molar-refractivity contribution is 5.93. The Balaban J connectivity index is 2.21. The van der Waals surface area contributed by atoms with Crippen LogP contribution in [0.25, 0.3) is 0 Å². The van der Waals surface area contributed by atoms with Gasteiger partial charge in [0.2, 0.25) is 5.91 Å². The van der Waals surface area contributed by atoms with Crippen LogP contribution in [0.15, 0.2) is 18.2 Å². The molecule has 1 heterocycles. The molecule has 0 saturated carbocycles. The van der Waals surface area contributed by atoms with Crippen molar-refractivity contribution in [2.75, 3.05) is 20.3 Å². The van der Waals surface area contributed by atoms with Crippen molar-refractivity contribution in [2.24, 2.45) is 11.7 Å². The molecule has 1 amide bonds. The summed E-state index contributed by atoms with van der Waals surface area (Å²) in [5.74, 6) is 0.787. The molecule has 1 aliphatic rings. The number of hydrogen-bond acceptors (Lipinski definition) is 3. The molecule has 0 radical (unpaired) electrons.